The average molecular weight is 529 g/mol. The summed E-state index contributed by atoms with van der Waals surface area (Å²) in [5, 5.41) is 19.8. The number of rotatable bonds is 7. The van der Waals surface area contributed by atoms with Crippen molar-refractivity contribution in [3.05, 3.63) is 52.0 Å². The number of alkyl halides is 4. The second kappa shape index (κ2) is 10.4. The SMILES string of the molecule is O=C(CNC(=O)c1cccc(C(F)(F)F)c1)N[C@@]1(C2CCC(O)(c3cc(CF)ns3)CC2)CCNC1. The summed E-state index contributed by atoms with van der Waals surface area (Å²) in [6.07, 6.45) is -1.71. The highest BCUT2D eigenvalue weighted by Crippen LogP contribution is 2.45. The molecule has 2 aromatic rings. The topological polar surface area (TPSA) is 103 Å². The zero-order valence-corrected chi connectivity index (χ0v) is 20.3. The lowest BCUT2D eigenvalue weighted by atomic mass is 9.69. The molecule has 1 aromatic heterocycles. The highest BCUT2D eigenvalue weighted by molar-refractivity contribution is 7.06. The van der Waals surface area contributed by atoms with E-state index >= 15 is 0 Å². The van der Waals surface area contributed by atoms with E-state index in [4.69, 9.17) is 0 Å². The fraction of sp³-hybridized carbons (Fsp3) is 0.542. The summed E-state index contributed by atoms with van der Waals surface area (Å²) in [5.74, 6) is -1.13. The van der Waals surface area contributed by atoms with Crippen molar-refractivity contribution >= 4 is 23.3 Å². The zero-order valence-electron chi connectivity index (χ0n) is 19.5. The van der Waals surface area contributed by atoms with Crippen molar-refractivity contribution in [1.29, 1.82) is 0 Å². The highest BCUT2D eigenvalue weighted by Gasteiger charge is 2.47. The quantitative estimate of drug-likeness (QED) is 0.413. The van der Waals surface area contributed by atoms with Gasteiger partial charge in [-0.05, 0) is 80.4 Å². The first-order chi connectivity index (χ1) is 17.0. The predicted molar refractivity (Wildman–Crippen MR) is 125 cm³/mol. The maximum atomic E-state index is 12.9. The maximum Gasteiger partial charge on any atom is 0.416 e. The minimum Gasteiger partial charge on any atom is -0.384 e. The van der Waals surface area contributed by atoms with Crippen LogP contribution >= 0.6 is 11.5 Å². The monoisotopic (exact) mass is 528 g/mol. The Bertz CT molecular complexity index is 1090. The molecule has 1 saturated heterocycles. The third-order valence-corrected chi connectivity index (χ3v) is 8.21. The maximum absolute atomic E-state index is 12.9. The molecule has 1 saturated carbocycles. The van der Waals surface area contributed by atoms with Crippen molar-refractivity contribution in [3.8, 4) is 0 Å². The van der Waals surface area contributed by atoms with Crippen LogP contribution in [0, 0.1) is 5.92 Å². The number of halogens is 4. The number of nitrogens with zero attached hydrogens (tertiary/aromatic N) is 1. The molecule has 7 nitrogen and oxygen atoms in total. The molecule has 1 aliphatic heterocycles. The summed E-state index contributed by atoms with van der Waals surface area (Å²) in [4.78, 5) is 25.8. The molecule has 36 heavy (non-hydrogen) atoms. The van der Waals surface area contributed by atoms with Crippen LogP contribution in [0.4, 0.5) is 17.6 Å². The number of aromatic nitrogens is 1. The molecule has 4 N–H and O–H groups in total. The Morgan fingerprint density at radius 2 is 1.94 bits per heavy atom. The van der Waals surface area contributed by atoms with E-state index in [0.717, 1.165) is 29.7 Å². The molecule has 0 radical (unpaired) electrons. The van der Waals surface area contributed by atoms with Crippen molar-refractivity contribution in [2.24, 2.45) is 5.92 Å². The van der Waals surface area contributed by atoms with E-state index in [1.165, 1.54) is 6.07 Å². The molecule has 0 unspecified atom stereocenters. The number of nitrogens with one attached hydrogen (secondary N) is 3. The molecule has 2 amide bonds. The average Bonchev–Trinajstić information content (AvgIpc) is 3.53. The molecule has 1 aliphatic carbocycles. The Kier molecular flexibility index (Phi) is 7.67. The Morgan fingerprint density at radius 1 is 1.19 bits per heavy atom. The number of hydrogen-bond donors (Lipinski definition) is 4. The zero-order chi connectivity index (χ0) is 26.0. The van der Waals surface area contributed by atoms with Gasteiger partial charge >= 0.3 is 6.18 Å². The third kappa shape index (κ3) is 5.70. The predicted octanol–water partition coefficient (Wildman–Crippen LogP) is 3.29. The normalized spacial score (nSPS) is 26.5. The van der Waals surface area contributed by atoms with Crippen LogP contribution in [0.1, 0.15) is 58.6 Å². The molecule has 0 spiro atoms. The molecule has 1 atom stereocenters. The van der Waals surface area contributed by atoms with Crippen LogP contribution in [0.15, 0.2) is 30.3 Å². The van der Waals surface area contributed by atoms with E-state index in [2.05, 4.69) is 20.3 Å². The second-order valence-corrected chi connectivity index (χ2v) is 10.3. The summed E-state index contributed by atoms with van der Waals surface area (Å²) in [6, 6.07) is 5.63. The van der Waals surface area contributed by atoms with Gasteiger partial charge in [0.25, 0.3) is 5.91 Å². The van der Waals surface area contributed by atoms with Crippen LogP contribution < -0.4 is 16.0 Å². The van der Waals surface area contributed by atoms with E-state index in [0.29, 0.717) is 55.8 Å². The second-order valence-electron chi connectivity index (χ2n) is 9.51. The minimum atomic E-state index is -4.57. The largest absolute Gasteiger partial charge is 0.416 e. The number of hydrogen-bond acceptors (Lipinski definition) is 6. The lowest BCUT2D eigenvalue weighted by molar-refractivity contribution is -0.137. The number of amides is 2. The van der Waals surface area contributed by atoms with E-state index < -0.39 is 41.4 Å². The lowest BCUT2D eigenvalue weighted by Gasteiger charge is -2.44. The molecule has 4 rings (SSSR count). The number of aliphatic hydroxyl groups is 1. The van der Waals surface area contributed by atoms with E-state index in [1.54, 1.807) is 6.07 Å². The fourth-order valence-electron chi connectivity index (χ4n) is 5.18. The van der Waals surface area contributed by atoms with Crippen LogP contribution in [-0.4, -0.2) is 46.5 Å². The van der Waals surface area contributed by atoms with Crippen molar-refractivity contribution < 1.29 is 32.3 Å². The van der Waals surface area contributed by atoms with Crippen LogP contribution in [0.3, 0.4) is 0 Å². The number of carbonyl (C=O) groups is 2. The van der Waals surface area contributed by atoms with E-state index in [-0.39, 0.29) is 18.0 Å². The van der Waals surface area contributed by atoms with Crippen molar-refractivity contribution in [1.82, 2.24) is 20.3 Å². The molecule has 2 heterocycles. The van der Waals surface area contributed by atoms with Gasteiger partial charge in [0.05, 0.1) is 28.2 Å². The van der Waals surface area contributed by atoms with Gasteiger partial charge in [-0.3, -0.25) is 9.59 Å². The van der Waals surface area contributed by atoms with Crippen molar-refractivity contribution in [2.75, 3.05) is 19.6 Å². The van der Waals surface area contributed by atoms with Crippen LogP contribution in [0.25, 0.3) is 0 Å². The summed E-state index contributed by atoms with van der Waals surface area (Å²) in [7, 11) is 0. The molecular weight excluding hydrogens is 500 g/mol. The molecule has 1 aromatic carbocycles. The van der Waals surface area contributed by atoms with Gasteiger partial charge in [0.2, 0.25) is 5.91 Å². The summed E-state index contributed by atoms with van der Waals surface area (Å²) in [6.45, 7) is 0.184. The third-order valence-electron chi connectivity index (χ3n) is 7.19. The van der Waals surface area contributed by atoms with Crippen LogP contribution in [0.2, 0.25) is 0 Å². The van der Waals surface area contributed by atoms with Gasteiger partial charge in [-0.1, -0.05) is 6.07 Å². The summed E-state index contributed by atoms with van der Waals surface area (Å²) < 4.78 is 55.7. The molecule has 196 valence electrons. The van der Waals surface area contributed by atoms with Gasteiger partial charge in [0, 0.05) is 12.1 Å². The molecule has 2 fully saturated rings. The van der Waals surface area contributed by atoms with Gasteiger partial charge in [-0.25, -0.2) is 4.39 Å². The van der Waals surface area contributed by atoms with Gasteiger partial charge in [0.1, 0.15) is 12.3 Å². The van der Waals surface area contributed by atoms with Crippen LogP contribution in [-0.2, 0) is 23.2 Å². The van der Waals surface area contributed by atoms with Crippen molar-refractivity contribution in [3.63, 3.8) is 0 Å². The molecule has 2 aliphatic rings. The summed E-state index contributed by atoms with van der Waals surface area (Å²) >= 11 is 1.11. The van der Waals surface area contributed by atoms with Crippen molar-refractivity contribution in [2.45, 2.75) is 56.1 Å². The first-order valence-electron chi connectivity index (χ1n) is 11.8. The number of carbonyl (C=O) groups excluding carboxylic acids is 2. The highest BCUT2D eigenvalue weighted by atomic mass is 32.1. The molecule has 0 bridgehead atoms. The van der Waals surface area contributed by atoms with Gasteiger partial charge in [-0.2, -0.15) is 17.5 Å². The molecule has 12 heteroatoms. The fourth-order valence-corrected chi connectivity index (χ4v) is 6.06. The van der Waals surface area contributed by atoms with Gasteiger partial charge in [0.15, 0.2) is 0 Å². The lowest BCUT2D eigenvalue weighted by Crippen LogP contribution is -2.58. The van der Waals surface area contributed by atoms with Gasteiger partial charge in [-0.15, -0.1) is 0 Å². The smallest absolute Gasteiger partial charge is 0.384 e. The van der Waals surface area contributed by atoms with E-state index in [9.17, 15) is 32.3 Å². The first-order valence-corrected chi connectivity index (χ1v) is 12.5. The Morgan fingerprint density at radius 3 is 2.56 bits per heavy atom. The van der Waals surface area contributed by atoms with Gasteiger partial charge < -0.3 is 21.1 Å². The standard InChI is InChI=1S/C24H28F4N4O3S/c25-12-18-11-19(36-32-18)23(35)6-4-16(5-7-23)22(8-9-29-14-22)31-20(33)13-30-21(34)15-2-1-3-17(10-15)24(26,27)28/h1-3,10-11,16,29,35H,4-9,12-14H2,(H,30,34)(H,31,33)/t16?,22-,23?/m0/s1. The Labute approximate surface area is 209 Å². The Balaban J connectivity index is 1.35. The van der Waals surface area contributed by atoms with Crippen LogP contribution in [0.5, 0.6) is 0 Å². The van der Waals surface area contributed by atoms with E-state index in [1.807, 2.05) is 0 Å². The molecular formula is C24H28F4N4O3S. The minimum absolute atomic E-state index is 0.0736. The number of benzene rings is 1. The Hall–Kier alpha value is -2.57. The first kappa shape index (κ1) is 26.5. The summed E-state index contributed by atoms with van der Waals surface area (Å²) in [5.41, 5.74) is -2.44.